The Hall–Kier alpha value is -1.27. The van der Waals surface area contributed by atoms with Crippen molar-refractivity contribution >= 4 is 21.4 Å². The minimum Gasteiger partial charge on any atom is -0.367 e. The van der Waals surface area contributed by atoms with Crippen LogP contribution in [0.3, 0.4) is 0 Å². The van der Waals surface area contributed by atoms with Gasteiger partial charge in [0.25, 0.3) is 0 Å². The summed E-state index contributed by atoms with van der Waals surface area (Å²) >= 11 is 0. The molecule has 1 saturated heterocycles. The topological polar surface area (TPSA) is 61.4 Å². The Morgan fingerprint density at radius 1 is 1.19 bits per heavy atom. The Bertz CT molecular complexity index is 578. The van der Waals surface area contributed by atoms with Gasteiger partial charge in [0.2, 0.25) is 10.0 Å². The molecular weight excluding hydrogens is 286 g/mol. The van der Waals surface area contributed by atoms with E-state index in [1.54, 1.807) is 0 Å². The molecule has 1 saturated carbocycles. The third kappa shape index (κ3) is 3.68. The molecule has 5 nitrogen and oxygen atoms in total. The predicted octanol–water partition coefficient (Wildman–Crippen LogP) is 1.64. The van der Waals surface area contributed by atoms with E-state index in [1.807, 2.05) is 24.3 Å². The van der Waals surface area contributed by atoms with E-state index in [1.165, 1.54) is 0 Å². The van der Waals surface area contributed by atoms with Crippen molar-refractivity contribution in [2.45, 2.75) is 19.3 Å². The monoisotopic (exact) mass is 309 g/mol. The van der Waals surface area contributed by atoms with Crippen LogP contribution >= 0.6 is 0 Å². The smallest absolute Gasteiger partial charge is 0.233 e. The summed E-state index contributed by atoms with van der Waals surface area (Å²) in [6.45, 7) is 3.68. The molecule has 0 spiro atoms. The Morgan fingerprint density at radius 2 is 1.90 bits per heavy atom. The van der Waals surface area contributed by atoms with Crippen LogP contribution < -0.4 is 14.9 Å². The molecule has 2 fully saturated rings. The summed E-state index contributed by atoms with van der Waals surface area (Å²) in [5, 5.41) is 3.31. The highest BCUT2D eigenvalue weighted by Gasteiger charge is 2.25. The maximum Gasteiger partial charge on any atom is 0.233 e. The lowest BCUT2D eigenvalue weighted by Gasteiger charge is -2.31. The molecular formula is C15H23N3O2S. The van der Waals surface area contributed by atoms with E-state index in [4.69, 9.17) is 0 Å². The van der Waals surface area contributed by atoms with Gasteiger partial charge in [-0.1, -0.05) is 18.6 Å². The fourth-order valence-corrected chi connectivity index (χ4v) is 4.47. The van der Waals surface area contributed by atoms with Crippen LogP contribution in [0.4, 0.5) is 11.4 Å². The molecule has 1 aliphatic carbocycles. The number of rotatable bonds is 5. The lowest BCUT2D eigenvalue weighted by Crippen LogP contribution is -2.43. The van der Waals surface area contributed by atoms with Crippen molar-refractivity contribution < 1.29 is 8.42 Å². The zero-order valence-electron chi connectivity index (χ0n) is 12.2. The van der Waals surface area contributed by atoms with Crippen LogP contribution in [-0.4, -0.2) is 40.3 Å². The predicted molar refractivity (Wildman–Crippen MR) is 86.3 cm³/mol. The van der Waals surface area contributed by atoms with Crippen molar-refractivity contribution in [3.05, 3.63) is 24.3 Å². The Balaban J connectivity index is 1.74. The number of benzene rings is 1. The van der Waals surface area contributed by atoms with Gasteiger partial charge >= 0.3 is 0 Å². The van der Waals surface area contributed by atoms with Gasteiger partial charge in [0.1, 0.15) is 0 Å². The number of nitrogens with zero attached hydrogens (tertiary/aromatic N) is 1. The van der Waals surface area contributed by atoms with Gasteiger partial charge in [-0.05, 0) is 30.9 Å². The highest BCUT2D eigenvalue weighted by molar-refractivity contribution is 7.92. The van der Waals surface area contributed by atoms with Crippen LogP contribution in [0.5, 0.6) is 0 Å². The van der Waals surface area contributed by atoms with Crippen molar-refractivity contribution in [2.75, 3.05) is 41.6 Å². The van der Waals surface area contributed by atoms with Crippen molar-refractivity contribution in [3.63, 3.8) is 0 Å². The summed E-state index contributed by atoms with van der Waals surface area (Å²) < 4.78 is 27.4. The second-order valence-corrected chi connectivity index (χ2v) is 7.70. The minimum absolute atomic E-state index is 0.253. The second kappa shape index (κ2) is 6.23. The zero-order valence-corrected chi connectivity index (χ0v) is 13.0. The maximum atomic E-state index is 12.3. The molecule has 1 aromatic rings. The lowest BCUT2D eigenvalue weighted by molar-refractivity contribution is 0.347. The van der Waals surface area contributed by atoms with E-state index < -0.39 is 10.0 Å². The molecule has 2 N–H and O–H groups in total. The van der Waals surface area contributed by atoms with E-state index >= 15 is 0 Å². The maximum absolute atomic E-state index is 12.3. The van der Waals surface area contributed by atoms with Crippen LogP contribution in [0.15, 0.2) is 24.3 Å². The fraction of sp³-hybridized carbons (Fsp3) is 0.600. The largest absolute Gasteiger partial charge is 0.367 e. The standard InChI is InChI=1S/C15H23N3O2S/c19-21(20,12-13-4-3-5-13)17-14-6-1-2-7-15(14)18-10-8-16-9-11-18/h1-2,6-7,13,16-17H,3-5,8-12H2. The third-order valence-electron chi connectivity index (χ3n) is 4.31. The van der Waals surface area contributed by atoms with Gasteiger partial charge in [-0.15, -0.1) is 0 Å². The fourth-order valence-electron chi connectivity index (χ4n) is 2.92. The molecule has 1 heterocycles. The first kappa shape index (κ1) is 14.7. The molecule has 2 aliphatic rings. The summed E-state index contributed by atoms with van der Waals surface area (Å²) in [6, 6.07) is 7.69. The quantitative estimate of drug-likeness (QED) is 0.868. The molecule has 6 heteroatoms. The molecule has 3 rings (SSSR count). The average Bonchev–Trinajstić information content (AvgIpc) is 2.44. The van der Waals surface area contributed by atoms with Crippen molar-refractivity contribution in [2.24, 2.45) is 5.92 Å². The van der Waals surface area contributed by atoms with Gasteiger partial charge in [0, 0.05) is 26.2 Å². The summed E-state index contributed by atoms with van der Waals surface area (Å²) in [5.74, 6) is 0.594. The van der Waals surface area contributed by atoms with E-state index in [2.05, 4.69) is 14.9 Å². The molecule has 0 amide bonds. The van der Waals surface area contributed by atoms with Gasteiger partial charge in [-0.25, -0.2) is 8.42 Å². The molecule has 1 aromatic carbocycles. The van der Waals surface area contributed by atoms with Crippen molar-refractivity contribution in [1.82, 2.24) is 5.32 Å². The molecule has 116 valence electrons. The average molecular weight is 309 g/mol. The van der Waals surface area contributed by atoms with E-state index in [0.717, 1.165) is 51.1 Å². The summed E-state index contributed by atoms with van der Waals surface area (Å²) in [5.41, 5.74) is 1.69. The van der Waals surface area contributed by atoms with E-state index in [-0.39, 0.29) is 5.75 Å². The summed E-state index contributed by atoms with van der Waals surface area (Å²) in [7, 11) is -3.25. The van der Waals surface area contributed by atoms with Gasteiger partial charge in [-0.2, -0.15) is 0 Å². The minimum atomic E-state index is -3.25. The normalized spacial score (nSPS) is 20.1. The van der Waals surface area contributed by atoms with Gasteiger partial charge in [-0.3, -0.25) is 4.72 Å². The molecule has 21 heavy (non-hydrogen) atoms. The first-order valence-electron chi connectivity index (χ1n) is 7.69. The number of para-hydroxylation sites is 2. The second-order valence-electron chi connectivity index (χ2n) is 5.93. The van der Waals surface area contributed by atoms with Crippen LogP contribution in [0.1, 0.15) is 19.3 Å². The molecule has 0 bridgehead atoms. The van der Waals surface area contributed by atoms with Gasteiger partial charge < -0.3 is 10.2 Å². The van der Waals surface area contributed by atoms with Crippen LogP contribution in [0.25, 0.3) is 0 Å². The highest BCUT2D eigenvalue weighted by Crippen LogP contribution is 2.30. The van der Waals surface area contributed by atoms with Crippen molar-refractivity contribution in [3.8, 4) is 0 Å². The molecule has 0 radical (unpaired) electrons. The van der Waals surface area contributed by atoms with Crippen molar-refractivity contribution in [1.29, 1.82) is 0 Å². The SMILES string of the molecule is O=S(=O)(CC1CCC1)Nc1ccccc1N1CCNCC1. The number of anilines is 2. The molecule has 0 unspecified atom stereocenters. The molecule has 0 aromatic heterocycles. The van der Waals surface area contributed by atoms with Crippen LogP contribution in [0.2, 0.25) is 0 Å². The number of piperazine rings is 1. The Morgan fingerprint density at radius 3 is 2.57 bits per heavy atom. The zero-order chi connectivity index (χ0) is 14.7. The van der Waals surface area contributed by atoms with Gasteiger partial charge in [0.15, 0.2) is 0 Å². The Labute approximate surface area is 126 Å². The number of hydrogen-bond acceptors (Lipinski definition) is 4. The van der Waals surface area contributed by atoms with Gasteiger partial charge in [0.05, 0.1) is 17.1 Å². The Kier molecular flexibility index (Phi) is 4.35. The van der Waals surface area contributed by atoms with E-state index in [9.17, 15) is 8.42 Å². The van der Waals surface area contributed by atoms with Crippen LogP contribution in [-0.2, 0) is 10.0 Å². The number of nitrogens with one attached hydrogen (secondary N) is 2. The lowest BCUT2D eigenvalue weighted by atomic mass is 9.87. The first-order valence-corrected chi connectivity index (χ1v) is 9.34. The van der Waals surface area contributed by atoms with E-state index in [0.29, 0.717) is 11.6 Å². The highest BCUT2D eigenvalue weighted by atomic mass is 32.2. The number of sulfonamides is 1. The summed E-state index contributed by atoms with van der Waals surface area (Å²) in [6.07, 6.45) is 3.25. The molecule has 0 atom stereocenters. The third-order valence-corrected chi connectivity index (χ3v) is 5.75. The van der Waals surface area contributed by atoms with Crippen LogP contribution in [0, 0.1) is 5.92 Å². The molecule has 1 aliphatic heterocycles. The summed E-state index contributed by atoms with van der Waals surface area (Å²) in [4.78, 5) is 2.23. The first-order chi connectivity index (χ1) is 10.1. The number of hydrogen-bond donors (Lipinski definition) is 2.